The lowest BCUT2D eigenvalue weighted by Gasteiger charge is -2.37. The molecule has 0 radical (unpaired) electrons. The second kappa shape index (κ2) is 10.7. The van der Waals surface area contributed by atoms with Crippen LogP contribution in [0.3, 0.4) is 0 Å². The molecule has 0 atom stereocenters. The Morgan fingerprint density at radius 3 is 2.13 bits per heavy atom. The molecule has 0 heteroatoms. The molecule has 0 unspecified atom stereocenters. The van der Waals surface area contributed by atoms with Crippen molar-refractivity contribution in [2.45, 2.75) is 96.8 Å². The van der Waals surface area contributed by atoms with Crippen LogP contribution in [0.4, 0.5) is 0 Å². The van der Waals surface area contributed by atoms with Crippen LogP contribution in [-0.2, 0) is 6.42 Å². The zero-order valence-corrected chi connectivity index (χ0v) is 19.4. The predicted octanol–water partition coefficient (Wildman–Crippen LogP) is 9.23. The number of allylic oxidation sites excluding steroid dienone is 2. The Kier molecular flexibility index (Phi) is 7.69. The zero-order valence-electron chi connectivity index (χ0n) is 19.4. The van der Waals surface area contributed by atoms with Crippen molar-refractivity contribution in [2.75, 3.05) is 0 Å². The summed E-state index contributed by atoms with van der Waals surface area (Å²) in [7, 11) is 0. The summed E-state index contributed by atoms with van der Waals surface area (Å²) >= 11 is 0. The smallest absolute Gasteiger partial charge is 0.0162 e. The lowest BCUT2D eigenvalue weighted by molar-refractivity contribution is 0.171. The quantitative estimate of drug-likeness (QED) is 0.320. The van der Waals surface area contributed by atoms with E-state index in [0.29, 0.717) is 0 Å². The Hall–Kier alpha value is -1.56. The average Bonchev–Trinajstić information content (AvgIpc) is 2.80. The van der Waals surface area contributed by atoms with E-state index >= 15 is 0 Å². The van der Waals surface area contributed by atoms with Crippen LogP contribution >= 0.6 is 0 Å². The molecule has 2 aliphatic carbocycles. The molecule has 162 valence electrons. The molecular formula is C30H42. The molecule has 4 rings (SSSR count). The molecule has 0 spiro atoms. The summed E-state index contributed by atoms with van der Waals surface area (Å²) in [4.78, 5) is 0. The zero-order chi connectivity index (χ0) is 20.8. The van der Waals surface area contributed by atoms with Gasteiger partial charge in [0.2, 0.25) is 0 Å². The lowest BCUT2D eigenvalue weighted by Crippen LogP contribution is -2.25. The van der Waals surface area contributed by atoms with E-state index in [1.807, 2.05) is 0 Å². The Bertz CT molecular complexity index is 813. The SMILES string of the molecule is C/C=C/C1CCC(C2CCC(c3ccc4cc(CCCCC)ccc4c3)CC2)CC1. The number of unbranched alkanes of at least 4 members (excludes halogenated alkanes) is 2. The normalized spacial score (nSPS) is 27.7. The molecule has 0 bridgehead atoms. The number of hydrogen-bond acceptors (Lipinski definition) is 0. The minimum absolute atomic E-state index is 0.786. The molecule has 0 amide bonds. The van der Waals surface area contributed by atoms with Gasteiger partial charge in [-0.15, -0.1) is 0 Å². The highest BCUT2D eigenvalue weighted by molar-refractivity contribution is 5.84. The largest absolute Gasteiger partial charge is 0.0914 e. The summed E-state index contributed by atoms with van der Waals surface area (Å²) in [5.41, 5.74) is 3.10. The van der Waals surface area contributed by atoms with E-state index in [9.17, 15) is 0 Å². The molecule has 0 saturated heterocycles. The maximum atomic E-state index is 2.50. The summed E-state index contributed by atoms with van der Waals surface area (Å²) in [5.74, 6) is 3.66. The van der Waals surface area contributed by atoms with E-state index in [1.165, 1.54) is 93.4 Å². The summed E-state index contributed by atoms with van der Waals surface area (Å²) in [5, 5.41) is 2.87. The van der Waals surface area contributed by atoms with Gasteiger partial charge in [0, 0.05) is 0 Å². The van der Waals surface area contributed by atoms with Gasteiger partial charge in [-0.25, -0.2) is 0 Å². The van der Waals surface area contributed by atoms with Gasteiger partial charge in [0.05, 0.1) is 0 Å². The minimum Gasteiger partial charge on any atom is -0.0914 e. The number of benzene rings is 2. The highest BCUT2D eigenvalue weighted by Crippen LogP contribution is 2.44. The van der Waals surface area contributed by atoms with Gasteiger partial charge < -0.3 is 0 Å². The number of hydrogen-bond donors (Lipinski definition) is 0. The van der Waals surface area contributed by atoms with Crippen molar-refractivity contribution in [3.63, 3.8) is 0 Å². The highest BCUT2D eigenvalue weighted by atomic mass is 14.4. The molecule has 30 heavy (non-hydrogen) atoms. The minimum atomic E-state index is 0.786. The van der Waals surface area contributed by atoms with Crippen LogP contribution in [-0.4, -0.2) is 0 Å². The standard InChI is InChI=1S/C30H42/c1-3-5-6-8-24-11-14-30-22-29(20-19-28(30)21-24)27-17-15-26(16-18-27)25-12-9-23(7-4-2)10-13-25/h4,7,11,14,19-23,25-27H,3,5-6,8-10,12-13,15-18H2,1-2H3/b7-4+. The van der Waals surface area contributed by atoms with Crippen molar-refractivity contribution >= 4 is 10.8 Å². The maximum absolute atomic E-state index is 2.50. The van der Waals surface area contributed by atoms with Crippen LogP contribution in [0.2, 0.25) is 0 Å². The van der Waals surface area contributed by atoms with Crippen molar-refractivity contribution in [1.29, 1.82) is 0 Å². The number of fused-ring (bicyclic) bond motifs is 1. The molecule has 0 aromatic heterocycles. The second-order valence-electron chi connectivity index (χ2n) is 10.2. The van der Waals surface area contributed by atoms with Crippen molar-refractivity contribution in [2.24, 2.45) is 17.8 Å². The van der Waals surface area contributed by atoms with Gasteiger partial charge in [0.1, 0.15) is 0 Å². The Morgan fingerprint density at radius 1 is 0.767 bits per heavy atom. The first-order chi connectivity index (χ1) is 14.8. The third-order valence-corrected chi connectivity index (χ3v) is 8.19. The summed E-state index contributed by atoms with van der Waals surface area (Å²) in [6.07, 6.45) is 21.4. The highest BCUT2D eigenvalue weighted by Gasteiger charge is 2.30. The summed E-state index contributed by atoms with van der Waals surface area (Å²) in [6, 6.07) is 14.5. The molecular weight excluding hydrogens is 360 g/mol. The Balaban J connectivity index is 1.32. The van der Waals surface area contributed by atoms with Crippen LogP contribution in [0, 0.1) is 17.8 Å². The van der Waals surface area contributed by atoms with Gasteiger partial charge in [-0.05, 0) is 117 Å². The molecule has 0 N–H and O–H groups in total. The third-order valence-electron chi connectivity index (χ3n) is 8.19. The first kappa shape index (κ1) is 21.7. The monoisotopic (exact) mass is 402 g/mol. The first-order valence-corrected chi connectivity index (χ1v) is 12.9. The predicted molar refractivity (Wildman–Crippen MR) is 132 cm³/mol. The molecule has 2 saturated carbocycles. The van der Waals surface area contributed by atoms with E-state index < -0.39 is 0 Å². The lowest BCUT2D eigenvalue weighted by atomic mass is 9.68. The van der Waals surface area contributed by atoms with Crippen molar-refractivity contribution in [3.05, 3.63) is 59.7 Å². The Morgan fingerprint density at radius 2 is 1.43 bits per heavy atom. The summed E-state index contributed by atoms with van der Waals surface area (Å²) < 4.78 is 0. The van der Waals surface area contributed by atoms with Crippen LogP contribution < -0.4 is 0 Å². The van der Waals surface area contributed by atoms with Crippen LogP contribution in [0.5, 0.6) is 0 Å². The molecule has 0 aliphatic heterocycles. The van der Waals surface area contributed by atoms with Gasteiger partial charge >= 0.3 is 0 Å². The van der Waals surface area contributed by atoms with Gasteiger partial charge in [0.25, 0.3) is 0 Å². The topological polar surface area (TPSA) is 0 Å². The maximum Gasteiger partial charge on any atom is -0.0162 e. The van der Waals surface area contributed by atoms with E-state index in [1.54, 1.807) is 5.56 Å². The fourth-order valence-corrected chi connectivity index (χ4v) is 6.31. The fourth-order valence-electron chi connectivity index (χ4n) is 6.31. The van der Waals surface area contributed by atoms with Gasteiger partial charge in [-0.2, -0.15) is 0 Å². The van der Waals surface area contributed by atoms with Crippen LogP contribution in [0.15, 0.2) is 48.6 Å². The van der Waals surface area contributed by atoms with Crippen molar-refractivity contribution < 1.29 is 0 Å². The molecule has 2 aromatic carbocycles. The van der Waals surface area contributed by atoms with Crippen molar-refractivity contribution in [3.8, 4) is 0 Å². The first-order valence-electron chi connectivity index (χ1n) is 12.9. The van der Waals surface area contributed by atoms with Crippen LogP contribution in [0.25, 0.3) is 10.8 Å². The summed E-state index contributed by atoms with van der Waals surface area (Å²) in [6.45, 7) is 4.46. The average molecular weight is 403 g/mol. The van der Waals surface area contributed by atoms with E-state index in [0.717, 1.165) is 23.7 Å². The van der Waals surface area contributed by atoms with Gasteiger partial charge in [0.15, 0.2) is 0 Å². The number of aryl methyl sites for hydroxylation is 1. The Labute approximate surface area is 185 Å². The molecule has 2 aliphatic rings. The van der Waals surface area contributed by atoms with E-state index in [-0.39, 0.29) is 0 Å². The van der Waals surface area contributed by atoms with Gasteiger partial charge in [-0.3, -0.25) is 0 Å². The second-order valence-corrected chi connectivity index (χ2v) is 10.2. The number of rotatable bonds is 7. The van der Waals surface area contributed by atoms with E-state index in [2.05, 4.69) is 62.4 Å². The molecule has 0 nitrogen and oxygen atoms in total. The third kappa shape index (κ3) is 5.37. The molecule has 2 fully saturated rings. The van der Waals surface area contributed by atoms with Gasteiger partial charge in [-0.1, -0.05) is 68.3 Å². The van der Waals surface area contributed by atoms with Crippen LogP contribution in [0.1, 0.15) is 102 Å². The molecule has 2 aromatic rings. The fraction of sp³-hybridized carbons (Fsp3) is 0.600. The molecule has 0 heterocycles. The van der Waals surface area contributed by atoms with E-state index in [4.69, 9.17) is 0 Å². The van der Waals surface area contributed by atoms with Crippen molar-refractivity contribution in [1.82, 2.24) is 0 Å².